The number of ether oxygens (including phenoxy) is 6. The number of benzene rings is 3. The van der Waals surface area contributed by atoms with Crippen molar-refractivity contribution in [2.45, 2.75) is 331 Å². The second-order valence-corrected chi connectivity index (χ2v) is 32.1. The molecule has 7 nitrogen and oxygen atoms in total. The van der Waals surface area contributed by atoms with E-state index in [2.05, 4.69) is 130 Å². The van der Waals surface area contributed by atoms with Crippen LogP contribution in [0.25, 0.3) is 0 Å². The van der Waals surface area contributed by atoms with E-state index in [1.54, 1.807) is 0 Å². The summed E-state index contributed by atoms with van der Waals surface area (Å²) in [6.07, 6.45) is 42.6. The molecule has 0 heterocycles. The SMILES string of the molecule is CCCCCCCCOc1cc(C#Cc2cc(OCCCCCCCC)c(C=O)cc2OCCCCCCCC)c(OCCCCCCCC)cc1C#Cc1cc(OCCCCCCCC)c(C#C[Si](C(C)C)(C(C)C)C(C)C)cc1OCCCCCCCC. The monoisotopic (exact) mass is 1250 g/mol. The fraction of sp³-hybridized carbons (Fsp3) is 0.695. The van der Waals surface area contributed by atoms with Crippen molar-refractivity contribution in [3.8, 4) is 69.6 Å². The number of unbranched alkanes of at least 4 members (excludes halogenated alkanes) is 30. The first-order valence-corrected chi connectivity index (χ1v) is 39.5. The van der Waals surface area contributed by atoms with E-state index in [0.29, 0.717) is 96.0 Å². The fourth-order valence-electron chi connectivity index (χ4n) is 12.3. The Labute approximate surface area is 554 Å². The van der Waals surface area contributed by atoms with Gasteiger partial charge >= 0.3 is 0 Å². The molecule has 0 unspecified atom stereocenters. The van der Waals surface area contributed by atoms with Gasteiger partial charge in [0.2, 0.25) is 0 Å². The molecule has 0 atom stereocenters. The molecule has 0 aliphatic carbocycles. The predicted molar refractivity (Wildman–Crippen MR) is 388 cm³/mol. The Morgan fingerprint density at radius 3 is 0.722 bits per heavy atom. The van der Waals surface area contributed by atoms with Gasteiger partial charge in [0.05, 0.1) is 73.0 Å². The summed E-state index contributed by atoms with van der Waals surface area (Å²) in [6, 6.07) is 12.0. The van der Waals surface area contributed by atoms with E-state index in [0.717, 1.165) is 112 Å². The summed E-state index contributed by atoms with van der Waals surface area (Å²) in [7, 11) is -2.09. The van der Waals surface area contributed by atoms with Crippen LogP contribution in [0.2, 0.25) is 16.6 Å². The third-order valence-corrected chi connectivity index (χ3v) is 24.2. The van der Waals surface area contributed by atoms with Gasteiger partial charge in [0.15, 0.2) is 6.29 Å². The van der Waals surface area contributed by atoms with E-state index >= 15 is 0 Å². The molecule has 3 aromatic carbocycles. The van der Waals surface area contributed by atoms with Gasteiger partial charge in [0.1, 0.15) is 42.6 Å². The van der Waals surface area contributed by atoms with E-state index in [-0.39, 0.29) is 0 Å². The second-order valence-electron chi connectivity index (χ2n) is 26.5. The van der Waals surface area contributed by atoms with Crippen molar-refractivity contribution in [1.29, 1.82) is 0 Å². The van der Waals surface area contributed by atoms with Crippen LogP contribution in [0.15, 0.2) is 36.4 Å². The van der Waals surface area contributed by atoms with Crippen LogP contribution in [0.3, 0.4) is 0 Å². The molecular weight excluding hydrogens is 1120 g/mol. The molecular formula is C82H130O7Si. The minimum atomic E-state index is -2.09. The molecule has 8 heteroatoms. The molecule has 0 spiro atoms. The number of rotatable bonds is 52. The lowest BCUT2D eigenvalue weighted by Gasteiger charge is -2.38. The number of hydrogen-bond donors (Lipinski definition) is 0. The highest BCUT2D eigenvalue weighted by atomic mass is 28.3. The third kappa shape index (κ3) is 31.6. The topological polar surface area (TPSA) is 72.5 Å². The van der Waals surface area contributed by atoms with Gasteiger partial charge in [-0.1, -0.05) is 305 Å². The molecule has 0 aliphatic heterocycles. The zero-order valence-electron chi connectivity index (χ0n) is 59.8. The molecule has 504 valence electrons. The molecule has 90 heavy (non-hydrogen) atoms. The lowest BCUT2D eigenvalue weighted by molar-refractivity contribution is 0.111. The standard InChI is InChI=1S/C82H130O7Si/c1-13-19-25-31-37-43-54-84-77-62-72(51-52-74-64-82(89-59-48-42-36-30-24-18-6)76(67-83)66-81(74)88-58-47-41-35-29-23-17-5)78(85-55-44-38-32-26-20-14-2)61-71(77)49-50-73-63-80(87-57-46-40-34-28-22-16-4)75(53-60-90(68(7)8,69(9)10)70(11)12)65-79(73)86-56-45-39-33-27-21-15-3/h61-70H,13-48,54-59H2,1-12H3. The second kappa shape index (κ2) is 50.6. The Morgan fingerprint density at radius 1 is 0.289 bits per heavy atom. The molecule has 0 aliphatic rings. The van der Waals surface area contributed by atoms with Crippen LogP contribution in [-0.2, 0) is 0 Å². The van der Waals surface area contributed by atoms with Gasteiger partial charge < -0.3 is 28.4 Å². The largest absolute Gasteiger partial charge is 0.493 e. The summed E-state index contributed by atoms with van der Waals surface area (Å²) in [5, 5.41) is 0. The summed E-state index contributed by atoms with van der Waals surface area (Å²) in [5.74, 6) is 22.1. The zero-order chi connectivity index (χ0) is 65.3. The molecule has 0 fully saturated rings. The number of carbonyl (C=O) groups excluding carboxylic acids is 1. The van der Waals surface area contributed by atoms with Crippen molar-refractivity contribution in [3.05, 3.63) is 69.8 Å². The quantitative estimate of drug-likeness (QED) is 0.0241. The van der Waals surface area contributed by atoms with E-state index in [1.165, 1.54) is 154 Å². The fourth-order valence-corrected chi connectivity index (χ4v) is 17.5. The zero-order valence-corrected chi connectivity index (χ0v) is 60.8. The summed E-state index contributed by atoms with van der Waals surface area (Å²) in [5.41, 5.74) is 9.74. The Balaban J connectivity index is 2.38. The van der Waals surface area contributed by atoms with Crippen molar-refractivity contribution in [2.24, 2.45) is 0 Å². The van der Waals surface area contributed by atoms with Gasteiger partial charge in [0, 0.05) is 30.3 Å². The van der Waals surface area contributed by atoms with Crippen molar-refractivity contribution in [1.82, 2.24) is 0 Å². The van der Waals surface area contributed by atoms with Crippen molar-refractivity contribution in [3.63, 3.8) is 0 Å². The van der Waals surface area contributed by atoms with Crippen LogP contribution in [0, 0.1) is 35.1 Å². The highest BCUT2D eigenvalue weighted by Gasteiger charge is 2.42. The average Bonchev–Trinajstić information content (AvgIpc) is 0.937. The van der Waals surface area contributed by atoms with Gasteiger partial charge in [-0.3, -0.25) is 4.79 Å². The molecule has 0 N–H and O–H groups in total. The van der Waals surface area contributed by atoms with E-state index in [4.69, 9.17) is 28.4 Å². The van der Waals surface area contributed by atoms with Gasteiger partial charge in [-0.25, -0.2) is 0 Å². The summed E-state index contributed by atoms with van der Waals surface area (Å²) >= 11 is 0. The molecule has 0 radical (unpaired) electrons. The molecule has 0 aromatic heterocycles. The highest BCUT2D eigenvalue weighted by Crippen LogP contribution is 2.41. The van der Waals surface area contributed by atoms with Crippen LogP contribution >= 0.6 is 0 Å². The average molecular weight is 1260 g/mol. The predicted octanol–water partition coefficient (Wildman–Crippen LogP) is 24.3. The van der Waals surface area contributed by atoms with Crippen LogP contribution in [0.4, 0.5) is 0 Å². The third-order valence-electron chi connectivity index (χ3n) is 17.9. The maximum Gasteiger partial charge on any atom is 0.153 e. The molecule has 3 rings (SSSR count). The first-order chi connectivity index (χ1) is 43.9. The lowest BCUT2D eigenvalue weighted by Crippen LogP contribution is -2.43. The van der Waals surface area contributed by atoms with Crippen LogP contribution in [0.1, 0.15) is 352 Å². The minimum absolute atomic E-state index is 0.475. The lowest BCUT2D eigenvalue weighted by atomic mass is 10.1. The number of aldehydes is 1. The first kappa shape index (κ1) is 79.3. The molecule has 0 saturated heterocycles. The Kier molecular flexibility index (Phi) is 44.5. The Bertz CT molecular complexity index is 2540. The molecule has 0 saturated carbocycles. The summed E-state index contributed by atoms with van der Waals surface area (Å²) < 4.78 is 40.3. The molecule has 0 amide bonds. The maximum absolute atomic E-state index is 12.7. The summed E-state index contributed by atoms with van der Waals surface area (Å²) in [4.78, 5) is 12.7. The van der Waals surface area contributed by atoms with Crippen LogP contribution in [-0.4, -0.2) is 54.0 Å². The number of hydrogen-bond acceptors (Lipinski definition) is 7. The minimum Gasteiger partial charge on any atom is -0.493 e. The van der Waals surface area contributed by atoms with Gasteiger partial charge in [-0.2, -0.15) is 0 Å². The van der Waals surface area contributed by atoms with Gasteiger partial charge in [-0.05, 0) is 61.2 Å². The van der Waals surface area contributed by atoms with E-state index < -0.39 is 8.07 Å². The van der Waals surface area contributed by atoms with E-state index in [1.807, 2.05) is 24.3 Å². The van der Waals surface area contributed by atoms with Crippen molar-refractivity contribution in [2.75, 3.05) is 39.6 Å². The Morgan fingerprint density at radius 2 is 0.489 bits per heavy atom. The first-order valence-electron chi connectivity index (χ1n) is 37.3. The van der Waals surface area contributed by atoms with Gasteiger partial charge in [0.25, 0.3) is 0 Å². The molecule has 0 bridgehead atoms. The van der Waals surface area contributed by atoms with Crippen molar-refractivity contribution >= 4 is 14.4 Å². The number of carbonyl (C=O) groups is 1. The van der Waals surface area contributed by atoms with Crippen molar-refractivity contribution < 1.29 is 33.2 Å². The van der Waals surface area contributed by atoms with Crippen LogP contribution < -0.4 is 28.4 Å². The normalized spacial score (nSPS) is 11.3. The highest BCUT2D eigenvalue weighted by molar-refractivity contribution is 6.90. The summed E-state index contributed by atoms with van der Waals surface area (Å²) in [6.45, 7) is 31.2. The maximum atomic E-state index is 12.7. The molecule has 3 aromatic rings. The van der Waals surface area contributed by atoms with Gasteiger partial charge in [-0.15, -0.1) is 5.54 Å². The smallest absolute Gasteiger partial charge is 0.153 e. The van der Waals surface area contributed by atoms with Crippen LogP contribution in [0.5, 0.6) is 34.5 Å². The Hall–Kier alpha value is -4.97. The van der Waals surface area contributed by atoms with E-state index in [9.17, 15) is 4.79 Å².